The van der Waals surface area contributed by atoms with Gasteiger partial charge in [-0.15, -0.1) is 12.4 Å². The van der Waals surface area contributed by atoms with E-state index in [1.54, 1.807) is 12.1 Å². The molecule has 6 nitrogen and oxygen atoms in total. The Hall–Kier alpha value is -1.15. The molecule has 0 spiro atoms. The second-order valence-corrected chi connectivity index (χ2v) is 7.56. The van der Waals surface area contributed by atoms with Crippen molar-refractivity contribution in [2.75, 3.05) is 6.54 Å². The molecule has 0 radical (unpaired) electrons. The fourth-order valence-corrected chi connectivity index (χ4v) is 3.47. The molecule has 0 aromatic heterocycles. The van der Waals surface area contributed by atoms with Crippen LogP contribution in [0.5, 0.6) is 0 Å². The maximum absolute atomic E-state index is 12.5. The van der Waals surface area contributed by atoms with Gasteiger partial charge in [0, 0.05) is 6.54 Å². The van der Waals surface area contributed by atoms with Crippen LogP contribution in [0.4, 0.5) is 0 Å². The van der Waals surface area contributed by atoms with E-state index >= 15 is 0 Å². The highest BCUT2D eigenvalue weighted by atomic mass is 35.5. The molecule has 1 aromatic carbocycles. The fourth-order valence-electron chi connectivity index (χ4n) is 2.95. The summed E-state index contributed by atoms with van der Waals surface area (Å²) < 4.78 is 22.5. The molecule has 1 atom stereocenters. The van der Waals surface area contributed by atoms with Crippen LogP contribution in [0, 0.1) is 5.41 Å². The number of primary sulfonamides is 1. The van der Waals surface area contributed by atoms with Crippen LogP contribution in [0.3, 0.4) is 0 Å². The first-order valence-corrected chi connectivity index (χ1v) is 8.97. The first-order chi connectivity index (χ1) is 10.3. The largest absolute Gasteiger partial charge is 0.349 e. The summed E-state index contributed by atoms with van der Waals surface area (Å²) in [5.41, 5.74) is 6.19. The number of nitrogens with two attached hydrogens (primary N) is 2. The summed E-state index contributed by atoms with van der Waals surface area (Å²) in [6.45, 7) is 2.22. The minimum atomic E-state index is -3.70. The second-order valence-electron chi connectivity index (χ2n) is 6.00. The summed E-state index contributed by atoms with van der Waals surface area (Å²) in [6, 6.07) is 6.00. The van der Waals surface area contributed by atoms with Gasteiger partial charge >= 0.3 is 0 Å². The van der Waals surface area contributed by atoms with Crippen LogP contribution >= 0.6 is 12.4 Å². The van der Waals surface area contributed by atoms with Crippen molar-refractivity contribution >= 4 is 28.3 Å². The molecule has 0 heterocycles. The smallest absolute Gasteiger partial charge is 0.238 e. The molecular formula is C15H24ClN3O3S. The topological polar surface area (TPSA) is 115 Å². The van der Waals surface area contributed by atoms with E-state index in [9.17, 15) is 13.2 Å². The summed E-state index contributed by atoms with van der Waals surface area (Å²) in [7, 11) is -3.70. The monoisotopic (exact) mass is 361 g/mol. The predicted octanol–water partition coefficient (Wildman–Crippen LogP) is 1.45. The van der Waals surface area contributed by atoms with Gasteiger partial charge in [-0.1, -0.05) is 25.0 Å². The number of amides is 1. The Morgan fingerprint density at radius 1 is 1.26 bits per heavy atom. The third kappa shape index (κ3) is 4.44. The molecule has 0 bridgehead atoms. The van der Waals surface area contributed by atoms with Crippen LogP contribution in [-0.2, 0) is 14.8 Å². The van der Waals surface area contributed by atoms with Crippen molar-refractivity contribution in [2.24, 2.45) is 16.3 Å². The van der Waals surface area contributed by atoms with E-state index in [1.807, 2.05) is 6.92 Å². The van der Waals surface area contributed by atoms with Gasteiger partial charge in [-0.05, 0) is 37.5 Å². The Morgan fingerprint density at radius 3 is 2.22 bits per heavy atom. The molecule has 23 heavy (non-hydrogen) atoms. The van der Waals surface area contributed by atoms with Gasteiger partial charge in [0.15, 0.2) is 0 Å². The van der Waals surface area contributed by atoms with Crippen LogP contribution < -0.4 is 16.2 Å². The Kier molecular flexibility index (Phi) is 6.59. The van der Waals surface area contributed by atoms with Gasteiger partial charge in [-0.25, -0.2) is 13.6 Å². The van der Waals surface area contributed by atoms with Crippen LogP contribution in [0.1, 0.15) is 44.2 Å². The summed E-state index contributed by atoms with van der Waals surface area (Å²) in [6.07, 6.45) is 3.71. The lowest BCUT2D eigenvalue weighted by Gasteiger charge is -2.28. The van der Waals surface area contributed by atoms with Gasteiger partial charge in [0.2, 0.25) is 15.9 Å². The zero-order valence-electron chi connectivity index (χ0n) is 13.1. The Morgan fingerprint density at radius 2 is 1.78 bits per heavy atom. The molecule has 1 saturated carbocycles. The van der Waals surface area contributed by atoms with Gasteiger partial charge in [0.25, 0.3) is 0 Å². The number of benzene rings is 1. The zero-order chi connectivity index (χ0) is 16.4. The Balaban J connectivity index is 0.00000264. The van der Waals surface area contributed by atoms with Crippen molar-refractivity contribution < 1.29 is 13.2 Å². The van der Waals surface area contributed by atoms with Crippen molar-refractivity contribution in [1.29, 1.82) is 0 Å². The Bertz CT molecular complexity index is 640. The molecule has 5 N–H and O–H groups in total. The molecule has 1 aliphatic carbocycles. The minimum absolute atomic E-state index is 0. The lowest BCUT2D eigenvalue weighted by Crippen LogP contribution is -2.44. The van der Waals surface area contributed by atoms with Crippen molar-refractivity contribution in [3.05, 3.63) is 29.8 Å². The van der Waals surface area contributed by atoms with Crippen LogP contribution in [0.15, 0.2) is 29.2 Å². The number of halogens is 1. The van der Waals surface area contributed by atoms with Crippen LogP contribution in [0.2, 0.25) is 0 Å². The van der Waals surface area contributed by atoms with E-state index in [2.05, 4.69) is 5.32 Å². The van der Waals surface area contributed by atoms with E-state index < -0.39 is 15.4 Å². The van der Waals surface area contributed by atoms with Gasteiger partial charge in [0.1, 0.15) is 0 Å². The molecule has 1 fully saturated rings. The molecule has 0 saturated heterocycles. The highest BCUT2D eigenvalue weighted by Gasteiger charge is 2.40. The zero-order valence-corrected chi connectivity index (χ0v) is 14.8. The van der Waals surface area contributed by atoms with E-state index in [0.29, 0.717) is 6.54 Å². The summed E-state index contributed by atoms with van der Waals surface area (Å²) in [5, 5.41) is 8.06. The molecular weight excluding hydrogens is 338 g/mol. The molecule has 1 aromatic rings. The number of hydrogen-bond donors (Lipinski definition) is 3. The third-order valence-corrected chi connectivity index (χ3v) is 5.42. The van der Waals surface area contributed by atoms with Crippen molar-refractivity contribution in [2.45, 2.75) is 43.5 Å². The summed E-state index contributed by atoms with van der Waals surface area (Å²) >= 11 is 0. The quantitative estimate of drug-likeness (QED) is 0.736. The van der Waals surface area contributed by atoms with Crippen molar-refractivity contribution in [3.63, 3.8) is 0 Å². The van der Waals surface area contributed by atoms with Crippen molar-refractivity contribution in [1.82, 2.24) is 5.32 Å². The number of nitrogens with one attached hydrogen (secondary N) is 1. The standard InChI is InChI=1S/C15H23N3O3S.ClH/c1-11(12-4-6-13(7-5-12)22(17,20)21)18-14(19)15(10-16)8-2-3-9-15;/h4-7,11H,2-3,8-10,16H2,1H3,(H,18,19)(H2,17,20,21);1H. The summed E-state index contributed by atoms with van der Waals surface area (Å²) in [4.78, 5) is 12.6. The maximum atomic E-state index is 12.5. The van der Waals surface area contributed by atoms with E-state index in [0.717, 1.165) is 31.2 Å². The average molecular weight is 362 g/mol. The SMILES string of the molecule is CC(NC(=O)C1(CN)CCCC1)c1ccc(S(N)(=O)=O)cc1.Cl. The maximum Gasteiger partial charge on any atom is 0.238 e. The molecule has 1 amide bonds. The summed E-state index contributed by atoms with van der Waals surface area (Å²) in [5.74, 6) is -0.0180. The molecule has 2 rings (SSSR count). The van der Waals surface area contributed by atoms with Gasteiger partial charge in [0.05, 0.1) is 16.4 Å². The van der Waals surface area contributed by atoms with Crippen LogP contribution in [-0.4, -0.2) is 20.9 Å². The molecule has 1 unspecified atom stereocenters. The average Bonchev–Trinajstić information content (AvgIpc) is 2.96. The Labute approximate surface area is 143 Å². The molecule has 1 aliphatic rings. The second kappa shape index (κ2) is 7.61. The highest BCUT2D eigenvalue weighted by molar-refractivity contribution is 7.89. The van der Waals surface area contributed by atoms with E-state index in [4.69, 9.17) is 10.9 Å². The number of sulfonamides is 1. The molecule has 0 aliphatic heterocycles. The molecule has 130 valence electrons. The van der Waals surface area contributed by atoms with E-state index in [1.165, 1.54) is 12.1 Å². The number of carbonyl (C=O) groups excluding carboxylic acids is 1. The fraction of sp³-hybridized carbons (Fsp3) is 0.533. The minimum Gasteiger partial charge on any atom is -0.349 e. The third-order valence-electron chi connectivity index (χ3n) is 4.49. The number of rotatable bonds is 5. The van der Waals surface area contributed by atoms with Gasteiger partial charge < -0.3 is 11.1 Å². The van der Waals surface area contributed by atoms with E-state index in [-0.39, 0.29) is 29.3 Å². The first kappa shape index (κ1) is 19.9. The predicted molar refractivity (Wildman–Crippen MR) is 91.6 cm³/mol. The van der Waals surface area contributed by atoms with Crippen molar-refractivity contribution in [3.8, 4) is 0 Å². The molecule has 8 heteroatoms. The van der Waals surface area contributed by atoms with Gasteiger partial charge in [-0.2, -0.15) is 0 Å². The van der Waals surface area contributed by atoms with Crippen LogP contribution in [0.25, 0.3) is 0 Å². The number of carbonyl (C=O) groups is 1. The normalized spacial score (nSPS) is 18.0. The lowest BCUT2D eigenvalue weighted by atomic mass is 9.85. The first-order valence-electron chi connectivity index (χ1n) is 7.42. The number of hydrogen-bond acceptors (Lipinski definition) is 4. The highest BCUT2D eigenvalue weighted by Crippen LogP contribution is 2.37. The van der Waals surface area contributed by atoms with Gasteiger partial charge in [-0.3, -0.25) is 4.79 Å². The lowest BCUT2D eigenvalue weighted by molar-refractivity contribution is -0.131.